The van der Waals surface area contributed by atoms with Gasteiger partial charge in [-0.2, -0.15) is 13.9 Å². The third-order valence-corrected chi connectivity index (χ3v) is 9.48. The van der Waals surface area contributed by atoms with E-state index in [9.17, 15) is 18.4 Å². The van der Waals surface area contributed by atoms with Gasteiger partial charge < -0.3 is 15.0 Å². The van der Waals surface area contributed by atoms with Crippen molar-refractivity contribution in [3.05, 3.63) is 65.2 Å². The molecule has 11 heteroatoms. The first-order chi connectivity index (χ1) is 22.1. The first-order valence-electron chi connectivity index (χ1n) is 16.4. The molecule has 5 rings (SSSR count). The Morgan fingerprint density at radius 1 is 1.06 bits per heavy atom. The van der Waals surface area contributed by atoms with Gasteiger partial charge in [0.1, 0.15) is 17.1 Å². The molecule has 1 fully saturated rings. The fourth-order valence-electron chi connectivity index (χ4n) is 6.83. The van der Waals surface area contributed by atoms with E-state index in [2.05, 4.69) is 66.8 Å². The molecule has 252 valence electrons. The zero-order valence-corrected chi connectivity index (χ0v) is 28.2. The summed E-state index contributed by atoms with van der Waals surface area (Å²) >= 11 is 0. The SMILES string of the molecule is CC(C)(C)CC[C@H](c1ccc(C(=O)NCC2=NCN=N2)cc1)N1C(=O)C(c2cccc(OC(F)F)c2)=NC12CCC(C(C)(C)C)CC2. The molecule has 1 spiro atoms. The van der Waals surface area contributed by atoms with E-state index in [1.165, 1.54) is 12.1 Å². The van der Waals surface area contributed by atoms with Crippen LogP contribution in [0.5, 0.6) is 5.75 Å². The van der Waals surface area contributed by atoms with Crippen molar-refractivity contribution in [2.75, 3.05) is 13.2 Å². The third kappa shape index (κ3) is 8.11. The number of carbonyl (C=O) groups is 2. The standard InChI is InChI=1S/C36H46F2N6O3/c1-34(2,3)17-16-28(23-10-12-24(13-11-23)31(45)39-21-29-40-22-41-43-29)44-32(46)30(25-8-7-9-27(20-25)47-33(37)38)42-36(44)18-14-26(15-19-36)35(4,5)6/h7-13,20,26,28,33H,14-19,21-22H2,1-6H3,(H,39,45)/t26?,28-,36?/m1/s1. The third-order valence-electron chi connectivity index (χ3n) is 9.48. The lowest BCUT2D eigenvalue weighted by Crippen LogP contribution is -2.51. The molecule has 1 atom stereocenters. The van der Waals surface area contributed by atoms with Crippen LogP contribution in [0.1, 0.15) is 108 Å². The number of nitrogens with zero attached hydrogens (tertiary/aromatic N) is 5. The number of benzene rings is 2. The minimum absolute atomic E-state index is 0.00281. The lowest BCUT2D eigenvalue weighted by Gasteiger charge is -2.47. The van der Waals surface area contributed by atoms with E-state index in [1.54, 1.807) is 24.3 Å². The maximum Gasteiger partial charge on any atom is 0.387 e. The first-order valence-corrected chi connectivity index (χ1v) is 16.4. The van der Waals surface area contributed by atoms with Gasteiger partial charge in [0.2, 0.25) is 0 Å². The number of amidine groups is 1. The Hall–Kier alpha value is -4.02. The van der Waals surface area contributed by atoms with Crippen molar-refractivity contribution < 1.29 is 23.1 Å². The molecule has 2 aromatic carbocycles. The van der Waals surface area contributed by atoms with E-state index in [-0.39, 0.29) is 53.4 Å². The van der Waals surface area contributed by atoms with Gasteiger partial charge in [-0.05, 0) is 85.1 Å². The number of rotatable bonds is 10. The van der Waals surface area contributed by atoms with E-state index >= 15 is 0 Å². The van der Waals surface area contributed by atoms with Crippen LogP contribution < -0.4 is 10.1 Å². The largest absolute Gasteiger partial charge is 0.435 e. The predicted octanol–water partition coefficient (Wildman–Crippen LogP) is 7.97. The number of aliphatic imine (C=N–C) groups is 2. The molecule has 0 unspecified atom stereocenters. The van der Waals surface area contributed by atoms with Crippen molar-refractivity contribution in [3.63, 3.8) is 0 Å². The van der Waals surface area contributed by atoms with Crippen LogP contribution in [-0.2, 0) is 4.79 Å². The summed E-state index contributed by atoms with van der Waals surface area (Å²) in [4.78, 5) is 38.8. The van der Waals surface area contributed by atoms with Crippen LogP contribution in [0.15, 0.2) is 68.7 Å². The summed E-state index contributed by atoms with van der Waals surface area (Å²) in [5.41, 5.74) is 1.48. The molecule has 2 aromatic rings. The predicted molar refractivity (Wildman–Crippen MR) is 178 cm³/mol. The molecular weight excluding hydrogens is 602 g/mol. The molecule has 0 bridgehead atoms. The summed E-state index contributed by atoms with van der Waals surface area (Å²) in [5, 5.41) is 10.6. The molecule has 0 aromatic heterocycles. The minimum atomic E-state index is -2.98. The lowest BCUT2D eigenvalue weighted by atomic mass is 9.69. The molecule has 2 heterocycles. The summed E-state index contributed by atoms with van der Waals surface area (Å²) in [6.45, 7) is 10.8. The van der Waals surface area contributed by atoms with E-state index in [0.717, 1.165) is 24.8 Å². The highest BCUT2D eigenvalue weighted by molar-refractivity contribution is 6.46. The van der Waals surface area contributed by atoms with E-state index < -0.39 is 12.3 Å². The highest BCUT2D eigenvalue weighted by atomic mass is 19.3. The molecular formula is C36H46F2N6O3. The van der Waals surface area contributed by atoms with Gasteiger partial charge in [-0.1, -0.05) is 65.8 Å². The molecule has 9 nitrogen and oxygen atoms in total. The molecule has 3 aliphatic rings. The maximum absolute atomic E-state index is 14.6. The first kappa shape index (κ1) is 34.3. The zero-order chi connectivity index (χ0) is 34.0. The second-order valence-electron chi connectivity index (χ2n) is 15.0. The Kier molecular flexibility index (Phi) is 9.94. The van der Waals surface area contributed by atoms with Gasteiger partial charge in [-0.15, -0.1) is 5.11 Å². The maximum atomic E-state index is 14.6. The van der Waals surface area contributed by atoms with Crippen molar-refractivity contribution >= 4 is 23.4 Å². The van der Waals surface area contributed by atoms with E-state index in [1.807, 2.05) is 17.0 Å². The quantitative estimate of drug-likeness (QED) is 0.282. The molecule has 0 saturated heterocycles. The summed E-state index contributed by atoms with van der Waals surface area (Å²) in [7, 11) is 0. The molecule has 47 heavy (non-hydrogen) atoms. The second-order valence-corrected chi connectivity index (χ2v) is 15.0. The van der Waals surface area contributed by atoms with Crippen molar-refractivity contribution in [1.82, 2.24) is 10.2 Å². The molecule has 1 saturated carbocycles. The number of hydrogen-bond donors (Lipinski definition) is 1. The van der Waals surface area contributed by atoms with Gasteiger partial charge in [-0.3, -0.25) is 14.6 Å². The van der Waals surface area contributed by atoms with Crippen molar-refractivity contribution in [2.24, 2.45) is 37.0 Å². The Bertz CT molecular complexity index is 1550. The number of alkyl halides is 2. The summed E-state index contributed by atoms with van der Waals surface area (Å²) in [5.74, 6) is 0.477. The van der Waals surface area contributed by atoms with E-state index in [4.69, 9.17) is 4.99 Å². The number of carbonyl (C=O) groups excluding carboxylic acids is 2. The highest BCUT2D eigenvalue weighted by Gasteiger charge is 2.52. The number of halogens is 2. The number of azo groups is 1. The Balaban J connectivity index is 1.50. The molecule has 2 aliphatic heterocycles. The van der Waals surface area contributed by atoms with Crippen LogP contribution in [0.4, 0.5) is 8.78 Å². The van der Waals surface area contributed by atoms with Gasteiger partial charge in [0.15, 0.2) is 12.5 Å². The molecule has 1 N–H and O–H groups in total. The molecule has 2 amide bonds. The van der Waals surface area contributed by atoms with E-state index in [0.29, 0.717) is 42.1 Å². The van der Waals surface area contributed by atoms with Crippen molar-refractivity contribution in [3.8, 4) is 5.75 Å². The topological polar surface area (TPSA) is 108 Å². The fourth-order valence-corrected chi connectivity index (χ4v) is 6.83. The van der Waals surface area contributed by atoms with Gasteiger partial charge >= 0.3 is 6.61 Å². The Labute approximate surface area is 276 Å². The fraction of sp³-hybridized carbons (Fsp3) is 0.556. The molecule has 0 radical (unpaired) electrons. The second kappa shape index (κ2) is 13.6. The van der Waals surface area contributed by atoms with Gasteiger partial charge in [0, 0.05) is 11.1 Å². The number of amides is 2. The van der Waals surface area contributed by atoms with Crippen molar-refractivity contribution in [2.45, 2.75) is 98.4 Å². The van der Waals surface area contributed by atoms with Crippen LogP contribution in [0, 0.1) is 16.7 Å². The van der Waals surface area contributed by atoms with Crippen LogP contribution in [0.2, 0.25) is 0 Å². The lowest BCUT2D eigenvalue weighted by molar-refractivity contribution is -0.134. The van der Waals surface area contributed by atoms with Crippen LogP contribution in [-0.4, -0.2) is 53.7 Å². The Morgan fingerprint density at radius 2 is 1.77 bits per heavy atom. The monoisotopic (exact) mass is 648 g/mol. The Morgan fingerprint density at radius 3 is 2.36 bits per heavy atom. The molecule has 1 aliphatic carbocycles. The van der Waals surface area contributed by atoms with Crippen LogP contribution >= 0.6 is 0 Å². The van der Waals surface area contributed by atoms with Gasteiger partial charge in [0.05, 0.1) is 12.6 Å². The smallest absolute Gasteiger partial charge is 0.387 e. The summed E-state index contributed by atoms with van der Waals surface area (Å²) in [6, 6.07) is 13.3. The normalized spacial score (nSPS) is 22.1. The summed E-state index contributed by atoms with van der Waals surface area (Å²) < 4.78 is 30.8. The van der Waals surface area contributed by atoms with Crippen molar-refractivity contribution in [1.29, 1.82) is 0 Å². The minimum Gasteiger partial charge on any atom is -0.435 e. The summed E-state index contributed by atoms with van der Waals surface area (Å²) in [6.07, 6.45) is 4.75. The highest BCUT2D eigenvalue weighted by Crippen LogP contribution is 2.50. The number of ether oxygens (including phenoxy) is 1. The van der Waals surface area contributed by atoms with Gasteiger partial charge in [0.25, 0.3) is 11.8 Å². The average molecular weight is 649 g/mol. The van der Waals surface area contributed by atoms with Crippen LogP contribution in [0.3, 0.4) is 0 Å². The number of nitrogens with one attached hydrogen (secondary N) is 1. The zero-order valence-electron chi connectivity index (χ0n) is 28.2. The number of hydrogen-bond acceptors (Lipinski definition) is 7. The van der Waals surface area contributed by atoms with Gasteiger partial charge in [-0.25, -0.2) is 4.99 Å². The van der Waals surface area contributed by atoms with Crippen LogP contribution in [0.25, 0.3) is 0 Å². The average Bonchev–Trinajstić information content (AvgIpc) is 3.62.